The molecule has 1 aromatic rings. The van der Waals surface area contributed by atoms with Crippen LogP contribution in [0, 0.1) is 6.92 Å². The number of rotatable bonds is 1. The van der Waals surface area contributed by atoms with Gasteiger partial charge < -0.3 is 10.1 Å². The van der Waals surface area contributed by atoms with Crippen LogP contribution in [0.1, 0.15) is 36.8 Å². The topological polar surface area (TPSA) is 55.4 Å². The predicted octanol–water partition coefficient (Wildman–Crippen LogP) is 3.13. The summed E-state index contributed by atoms with van der Waals surface area (Å²) >= 11 is 9.69. The molecular formula is C16H17BrClNO3. The average molecular weight is 387 g/mol. The third-order valence-corrected chi connectivity index (χ3v) is 5.70. The first-order valence-electron chi connectivity index (χ1n) is 7.27. The van der Waals surface area contributed by atoms with Gasteiger partial charge in [-0.15, -0.1) is 0 Å². The molecule has 0 saturated carbocycles. The summed E-state index contributed by atoms with van der Waals surface area (Å²) in [4.78, 5) is 25.4. The van der Waals surface area contributed by atoms with Crippen LogP contribution in [0.4, 0.5) is 0 Å². The molecule has 6 heteroatoms. The van der Waals surface area contributed by atoms with Crippen LogP contribution < -0.4 is 5.32 Å². The fourth-order valence-electron chi connectivity index (χ4n) is 3.37. The molecule has 0 radical (unpaired) electrons. The standard InChI is InChI=1S/C16H17BrClNO3/c1-8-5-10(12(18)6-11(8)17)13-14(20)16(19-15(13)21)3-4-22-9(2)7-16/h5-6,9,13H,3-4,7H2,1-2H3,(H,19,21). The molecule has 2 aliphatic rings. The summed E-state index contributed by atoms with van der Waals surface area (Å²) in [5.74, 6) is -1.18. The summed E-state index contributed by atoms with van der Waals surface area (Å²) in [7, 11) is 0. The van der Waals surface area contributed by atoms with Crippen LogP contribution in [-0.2, 0) is 14.3 Å². The summed E-state index contributed by atoms with van der Waals surface area (Å²) in [5, 5.41) is 3.35. The van der Waals surface area contributed by atoms with E-state index in [-0.39, 0.29) is 17.8 Å². The monoisotopic (exact) mass is 385 g/mol. The number of ether oxygens (including phenoxy) is 1. The molecular weight excluding hydrogens is 370 g/mol. The summed E-state index contributed by atoms with van der Waals surface area (Å²) in [6.45, 7) is 4.31. The fourth-order valence-corrected chi connectivity index (χ4v) is 4.12. The van der Waals surface area contributed by atoms with Gasteiger partial charge in [-0.05, 0) is 31.0 Å². The van der Waals surface area contributed by atoms with Gasteiger partial charge in [0, 0.05) is 28.9 Å². The second-order valence-corrected chi connectivity index (χ2v) is 7.39. The van der Waals surface area contributed by atoms with Gasteiger partial charge in [0.15, 0.2) is 5.78 Å². The number of benzene rings is 1. The number of halogens is 2. The Kier molecular flexibility index (Phi) is 4.08. The Balaban J connectivity index is 2.01. The van der Waals surface area contributed by atoms with E-state index in [1.807, 2.05) is 19.9 Å². The summed E-state index contributed by atoms with van der Waals surface area (Å²) in [6, 6.07) is 3.56. The zero-order chi connectivity index (χ0) is 16.1. The fraction of sp³-hybridized carbons (Fsp3) is 0.500. The van der Waals surface area contributed by atoms with Crippen LogP contribution >= 0.6 is 27.5 Å². The lowest BCUT2D eigenvalue weighted by molar-refractivity contribution is -0.129. The van der Waals surface area contributed by atoms with Crippen LogP contribution in [0.15, 0.2) is 16.6 Å². The zero-order valence-electron chi connectivity index (χ0n) is 12.4. The molecule has 0 aromatic heterocycles. The molecule has 2 saturated heterocycles. The van der Waals surface area contributed by atoms with Crippen molar-refractivity contribution in [2.75, 3.05) is 6.61 Å². The highest BCUT2D eigenvalue weighted by atomic mass is 79.9. The highest BCUT2D eigenvalue weighted by Gasteiger charge is 2.54. The van der Waals surface area contributed by atoms with Gasteiger partial charge in [0.05, 0.1) is 6.10 Å². The van der Waals surface area contributed by atoms with Crippen LogP contribution in [0.5, 0.6) is 0 Å². The van der Waals surface area contributed by atoms with E-state index in [1.54, 1.807) is 6.07 Å². The number of carbonyl (C=O) groups excluding carboxylic acids is 2. The molecule has 3 rings (SSSR count). The molecule has 1 spiro atoms. The van der Waals surface area contributed by atoms with Crippen molar-refractivity contribution in [1.82, 2.24) is 5.32 Å². The van der Waals surface area contributed by atoms with Crippen molar-refractivity contribution in [1.29, 1.82) is 0 Å². The zero-order valence-corrected chi connectivity index (χ0v) is 14.8. The molecule has 2 fully saturated rings. The average Bonchev–Trinajstić information content (AvgIpc) is 2.65. The third-order valence-electron chi connectivity index (χ3n) is 4.51. The molecule has 118 valence electrons. The normalized spacial score (nSPS) is 31.6. The number of aryl methyl sites for hydroxylation is 1. The number of hydrogen-bond acceptors (Lipinski definition) is 3. The summed E-state index contributed by atoms with van der Waals surface area (Å²) in [5.41, 5.74) is 0.728. The number of nitrogens with one attached hydrogen (secondary N) is 1. The van der Waals surface area contributed by atoms with Gasteiger partial charge in [-0.2, -0.15) is 0 Å². The molecule has 22 heavy (non-hydrogen) atoms. The van der Waals surface area contributed by atoms with Crippen molar-refractivity contribution >= 4 is 39.2 Å². The molecule has 3 atom stereocenters. The van der Waals surface area contributed by atoms with Gasteiger partial charge >= 0.3 is 0 Å². The number of ketones is 1. The first-order valence-corrected chi connectivity index (χ1v) is 8.44. The Bertz CT molecular complexity index is 663. The van der Waals surface area contributed by atoms with E-state index in [0.29, 0.717) is 30.0 Å². The van der Waals surface area contributed by atoms with Gasteiger partial charge in [0.25, 0.3) is 0 Å². The minimum absolute atomic E-state index is 0.0427. The van der Waals surface area contributed by atoms with Gasteiger partial charge in [0.1, 0.15) is 11.5 Å². The third kappa shape index (κ3) is 2.49. The maximum absolute atomic E-state index is 13.0. The number of Topliss-reactive ketones (excluding diaryl/α,β-unsaturated/α-hetero) is 1. The first-order chi connectivity index (χ1) is 10.3. The van der Waals surface area contributed by atoms with Crippen molar-refractivity contribution in [2.24, 2.45) is 0 Å². The van der Waals surface area contributed by atoms with Crippen molar-refractivity contribution in [3.8, 4) is 0 Å². The maximum atomic E-state index is 13.0. The summed E-state index contributed by atoms with van der Waals surface area (Å²) < 4.78 is 6.37. The SMILES string of the molecule is Cc1cc(C2C(=O)NC3(CCOC(C)C3)C2=O)c(Cl)cc1Br. The Hall–Kier alpha value is -0.910. The predicted molar refractivity (Wildman–Crippen MR) is 87.2 cm³/mol. The van der Waals surface area contributed by atoms with E-state index in [4.69, 9.17) is 16.3 Å². The molecule has 1 N–H and O–H groups in total. The van der Waals surface area contributed by atoms with E-state index in [0.717, 1.165) is 10.0 Å². The Labute approximate surface area is 142 Å². The van der Waals surface area contributed by atoms with Gasteiger partial charge in [0.2, 0.25) is 5.91 Å². The minimum Gasteiger partial charge on any atom is -0.378 e. The Morgan fingerprint density at radius 3 is 2.82 bits per heavy atom. The van der Waals surface area contributed by atoms with Crippen molar-refractivity contribution in [2.45, 2.75) is 44.2 Å². The highest BCUT2D eigenvalue weighted by Crippen LogP contribution is 2.40. The molecule has 2 aliphatic heterocycles. The lowest BCUT2D eigenvalue weighted by Crippen LogP contribution is -2.52. The smallest absolute Gasteiger partial charge is 0.236 e. The number of amides is 1. The Morgan fingerprint density at radius 2 is 2.14 bits per heavy atom. The van der Waals surface area contributed by atoms with Gasteiger partial charge in [-0.25, -0.2) is 0 Å². The molecule has 4 nitrogen and oxygen atoms in total. The number of carbonyl (C=O) groups is 2. The van der Waals surface area contributed by atoms with Gasteiger partial charge in [-0.1, -0.05) is 33.6 Å². The van der Waals surface area contributed by atoms with Gasteiger partial charge in [-0.3, -0.25) is 9.59 Å². The molecule has 0 aliphatic carbocycles. The van der Waals surface area contributed by atoms with E-state index in [9.17, 15) is 9.59 Å². The van der Waals surface area contributed by atoms with Crippen molar-refractivity contribution < 1.29 is 14.3 Å². The van der Waals surface area contributed by atoms with Crippen molar-refractivity contribution in [3.05, 3.63) is 32.8 Å². The lowest BCUT2D eigenvalue weighted by Gasteiger charge is -2.35. The van der Waals surface area contributed by atoms with E-state index in [1.165, 1.54) is 0 Å². The quantitative estimate of drug-likeness (QED) is 0.755. The van der Waals surface area contributed by atoms with E-state index >= 15 is 0 Å². The molecule has 3 unspecified atom stereocenters. The largest absolute Gasteiger partial charge is 0.378 e. The van der Waals surface area contributed by atoms with Crippen LogP contribution in [-0.4, -0.2) is 29.9 Å². The molecule has 0 bridgehead atoms. The highest BCUT2D eigenvalue weighted by molar-refractivity contribution is 9.10. The summed E-state index contributed by atoms with van der Waals surface area (Å²) in [6.07, 6.45) is 0.992. The maximum Gasteiger partial charge on any atom is 0.236 e. The van der Waals surface area contributed by atoms with Crippen LogP contribution in [0.3, 0.4) is 0 Å². The Morgan fingerprint density at radius 1 is 1.41 bits per heavy atom. The van der Waals surface area contributed by atoms with Crippen molar-refractivity contribution in [3.63, 3.8) is 0 Å². The van der Waals surface area contributed by atoms with Crippen LogP contribution in [0.2, 0.25) is 5.02 Å². The second kappa shape index (κ2) is 5.62. The second-order valence-electron chi connectivity index (χ2n) is 6.13. The van der Waals surface area contributed by atoms with E-state index in [2.05, 4.69) is 21.2 Å². The van der Waals surface area contributed by atoms with Crippen LogP contribution in [0.25, 0.3) is 0 Å². The number of hydrogen-bond donors (Lipinski definition) is 1. The molecule has 2 heterocycles. The molecule has 1 amide bonds. The van der Waals surface area contributed by atoms with E-state index < -0.39 is 11.5 Å². The lowest BCUT2D eigenvalue weighted by atomic mass is 9.80. The molecule has 1 aromatic carbocycles. The first kappa shape index (κ1) is 16.0. The minimum atomic E-state index is -0.829.